The summed E-state index contributed by atoms with van der Waals surface area (Å²) in [6.07, 6.45) is 2.80. The summed E-state index contributed by atoms with van der Waals surface area (Å²) in [4.78, 5) is 14.8. The molecular weight excluding hydrogens is 266 g/mol. The molecule has 21 heavy (non-hydrogen) atoms. The number of carboxylic acid groups (broad SMARTS) is 1. The number of aromatic nitrogens is 1. The number of benzene rings is 1. The van der Waals surface area contributed by atoms with Gasteiger partial charge in [0.15, 0.2) is 0 Å². The van der Waals surface area contributed by atoms with Crippen LogP contribution in [0.3, 0.4) is 0 Å². The van der Waals surface area contributed by atoms with Crippen LogP contribution in [-0.2, 0) is 5.41 Å². The van der Waals surface area contributed by atoms with Gasteiger partial charge in [-0.2, -0.15) is 0 Å². The molecule has 0 saturated carbocycles. The lowest BCUT2D eigenvalue weighted by molar-refractivity contribution is 0.0696. The average molecular weight is 285 g/mol. The molecule has 2 rings (SSSR count). The van der Waals surface area contributed by atoms with Crippen LogP contribution in [0.25, 0.3) is 0 Å². The van der Waals surface area contributed by atoms with E-state index in [1.54, 1.807) is 0 Å². The maximum atomic E-state index is 10.9. The Morgan fingerprint density at radius 1 is 1.19 bits per heavy atom. The zero-order valence-electron chi connectivity index (χ0n) is 12.7. The lowest BCUT2D eigenvalue weighted by Crippen LogP contribution is -2.11. The van der Waals surface area contributed by atoms with Gasteiger partial charge in [-0.15, -0.1) is 0 Å². The zero-order chi connectivity index (χ0) is 15.6. The Labute approximate surface area is 124 Å². The van der Waals surface area contributed by atoms with Gasteiger partial charge < -0.3 is 9.84 Å². The molecule has 0 aliphatic rings. The minimum Gasteiger partial charge on any atom is -0.478 e. The summed E-state index contributed by atoms with van der Waals surface area (Å²) in [6, 6.07) is 7.48. The van der Waals surface area contributed by atoms with Crippen LogP contribution >= 0.6 is 0 Å². The van der Waals surface area contributed by atoms with E-state index < -0.39 is 5.97 Å². The fourth-order valence-electron chi connectivity index (χ4n) is 1.95. The van der Waals surface area contributed by atoms with E-state index in [-0.39, 0.29) is 11.0 Å². The van der Waals surface area contributed by atoms with Gasteiger partial charge in [0, 0.05) is 6.20 Å². The SMILES string of the molecule is Cc1cc(C(C)(C)C)ccc1Oc1cncc(C(=O)O)c1. The second kappa shape index (κ2) is 5.56. The van der Waals surface area contributed by atoms with Crippen molar-refractivity contribution in [3.63, 3.8) is 0 Å². The first kappa shape index (κ1) is 15.0. The van der Waals surface area contributed by atoms with Gasteiger partial charge in [-0.1, -0.05) is 32.9 Å². The Kier molecular flexibility index (Phi) is 3.98. The van der Waals surface area contributed by atoms with E-state index in [4.69, 9.17) is 9.84 Å². The molecule has 110 valence electrons. The summed E-state index contributed by atoms with van der Waals surface area (Å²) in [7, 11) is 0. The molecule has 0 spiro atoms. The van der Waals surface area contributed by atoms with E-state index in [1.165, 1.54) is 24.0 Å². The Morgan fingerprint density at radius 3 is 2.48 bits per heavy atom. The van der Waals surface area contributed by atoms with Crippen LogP contribution in [0.1, 0.15) is 42.3 Å². The summed E-state index contributed by atoms with van der Waals surface area (Å²) in [5.41, 5.74) is 2.41. The molecule has 0 atom stereocenters. The number of pyridine rings is 1. The fourth-order valence-corrected chi connectivity index (χ4v) is 1.95. The topological polar surface area (TPSA) is 59.4 Å². The van der Waals surface area contributed by atoms with Crippen molar-refractivity contribution in [2.24, 2.45) is 0 Å². The number of carbonyl (C=O) groups is 1. The first-order valence-corrected chi connectivity index (χ1v) is 6.75. The number of carboxylic acids is 1. The first-order valence-electron chi connectivity index (χ1n) is 6.75. The molecule has 1 N–H and O–H groups in total. The van der Waals surface area contributed by atoms with Crippen molar-refractivity contribution in [2.45, 2.75) is 33.1 Å². The third kappa shape index (κ3) is 3.60. The van der Waals surface area contributed by atoms with Crippen molar-refractivity contribution in [1.82, 2.24) is 4.98 Å². The third-order valence-corrected chi connectivity index (χ3v) is 3.23. The average Bonchev–Trinajstić information content (AvgIpc) is 2.40. The quantitative estimate of drug-likeness (QED) is 0.919. The maximum Gasteiger partial charge on any atom is 0.337 e. The van der Waals surface area contributed by atoms with E-state index in [9.17, 15) is 4.79 Å². The molecule has 4 heteroatoms. The van der Waals surface area contributed by atoms with E-state index in [0.29, 0.717) is 11.5 Å². The normalized spacial score (nSPS) is 11.2. The molecule has 0 saturated heterocycles. The molecule has 0 unspecified atom stereocenters. The van der Waals surface area contributed by atoms with Crippen LogP contribution in [-0.4, -0.2) is 16.1 Å². The smallest absolute Gasteiger partial charge is 0.337 e. The second-order valence-electron chi connectivity index (χ2n) is 6.05. The number of hydrogen-bond donors (Lipinski definition) is 1. The highest BCUT2D eigenvalue weighted by molar-refractivity contribution is 5.87. The standard InChI is InChI=1S/C17H19NO3/c1-11-7-13(17(2,3)4)5-6-15(11)21-14-8-12(16(19)20)9-18-10-14/h5-10H,1-4H3,(H,19,20). The second-order valence-corrected chi connectivity index (χ2v) is 6.05. The number of aryl methyl sites for hydroxylation is 1. The number of nitrogens with zero attached hydrogens (tertiary/aromatic N) is 1. The van der Waals surface area contributed by atoms with Crippen LogP contribution in [0.15, 0.2) is 36.7 Å². The largest absolute Gasteiger partial charge is 0.478 e. The molecular formula is C17H19NO3. The van der Waals surface area contributed by atoms with Crippen molar-refractivity contribution in [3.8, 4) is 11.5 Å². The number of hydrogen-bond acceptors (Lipinski definition) is 3. The highest BCUT2D eigenvalue weighted by Gasteiger charge is 2.15. The van der Waals surface area contributed by atoms with Gasteiger partial charge >= 0.3 is 5.97 Å². The van der Waals surface area contributed by atoms with Crippen LogP contribution in [0.4, 0.5) is 0 Å². The van der Waals surface area contributed by atoms with Crippen LogP contribution in [0.2, 0.25) is 0 Å². The lowest BCUT2D eigenvalue weighted by atomic mass is 9.86. The first-order chi connectivity index (χ1) is 9.77. The summed E-state index contributed by atoms with van der Waals surface area (Å²) in [5.74, 6) is 0.0987. The van der Waals surface area contributed by atoms with Crippen molar-refractivity contribution in [3.05, 3.63) is 53.3 Å². The number of ether oxygens (including phenoxy) is 1. The molecule has 0 amide bonds. The van der Waals surface area contributed by atoms with Crippen molar-refractivity contribution >= 4 is 5.97 Å². The summed E-state index contributed by atoms with van der Waals surface area (Å²) >= 11 is 0. The Hall–Kier alpha value is -2.36. The molecule has 0 bridgehead atoms. The van der Waals surface area contributed by atoms with Gasteiger partial charge in [0.2, 0.25) is 0 Å². The van der Waals surface area contributed by atoms with Crippen LogP contribution in [0.5, 0.6) is 11.5 Å². The van der Waals surface area contributed by atoms with Crippen LogP contribution in [0, 0.1) is 6.92 Å². The molecule has 0 aliphatic heterocycles. The highest BCUT2D eigenvalue weighted by atomic mass is 16.5. The Balaban J connectivity index is 2.28. The lowest BCUT2D eigenvalue weighted by Gasteiger charge is -2.20. The Morgan fingerprint density at radius 2 is 1.90 bits per heavy atom. The predicted molar refractivity (Wildman–Crippen MR) is 81.1 cm³/mol. The van der Waals surface area contributed by atoms with E-state index in [0.717, 1.165) is 5.56 Å². The summed E-state index contributed by atoms with van der Waals surface area (Å²) in [5, 5.41) is 8.96. The van der Waals surface area contributed by atoms with Gasteiger partial charge in [-0.25, -0.2) is 4.79 Å². The number of rotatable bonds is 3. The number of aromatic carboxylic acids is 1. The molecule has 4 nitrogen and oxygen atoms in total. The highest BCUT2D eigenvalue weighted by Crippen LogP contribution is 2.30. The van der Waals surface area contributed by atoms with E-state index in [1.807, 2.05) is 19.1 Å². The van der Waals surface area contributed by atoms with Crippen molar-refractivity contribution in [2.75, 3.05) is 0 Å². The predicted octanol–water partition coefficient (Wildman–Crippen LogP) is 4.18. The van der Waals surface area contributed by atoms with Crippen molar-refractivity contribution < 1.29 is 14.6 Å². The summed E-state index contributed by atoms with van der Waals surface area (Å²) in [6.45, 7) is 8.44. The minimum atomic E-state index is -1.02. The zero-order valence-corrected chi connectivity index (χ0v) is 12.7. The minimum absolute atomic E-state index is 0.0774. The summed E-state index contributed by atoms with van der Waals surface area (Å²) < 4.78 is 5.74. The molecule has 0 fully saturated rings. The maximum absolute atomic E-state index is 10.9. The third-order valence-electron chi connectivity index (χ3n) is 3.23. The molecule has 0 aliphatic carbocycles. The van der Waals surface area contributed by atoms with Crippen molar-refractivity contribution in [1.29, 1.82) is 0 Å². The van der Waals surface area contributed by atoms with E-state index in [2.05, 4.69) is 31.8 Å². The molecule has 1 aromatic heterocycles. The fraction of sp³-hybridized carbons (Fsp3) is 0.294. The monoisotopic (exact) mass is 285 g/mol. The van der Waals surface area contributed by atoms with Gasteiger partial charge in [0.05, 0.1) is 11.8 Å². The van der Waals surface area contributed by atoms with Gasteiger partial charge in [-0.05, 0) is 35.6 Å². The van der Waals surface area contributed by atoms with Gasteiger partial charge in [0.1, 0.15) is 11.5 Å². The molecule has 1 heterocycles. The van der Waals surface area contributed by atoms with Crippen LogP contribution < -0.4 is 4.74 Å². The van der Waals surface area contributed by atoms with Gasteiger partial charge in [-0.3, -0.25) is 4.98 Å². The molecule has 0 radical (unpaired) electrons. The van der Waals surface area contributed by atoms with E-state index >= 15 is 0 Å². The Bertz CT molecular complexity index is 672. The van der Waals surface area contributed by atoms with Gasteiger partial charge in [0.25, 0.3) is 0 Å². The molecule has 1 aromatic carbocycles. The molecule has 2 aromatic rings.